The summed E-state index contributed by atoms with van der Waals surface area (Å²) in [5.41, 5.74) is 5.07. The van der Waals surface area contributed by atoms with Gasteiger partial charge in [-0.3, -0.25) is 5.41 Å². The molecular formula is C21H20BrN3S. The largest absolute Gasteiger partial charge is 0.340 e. The monoisotopic (exact) mass is 425 g/mol. The van der Waals surface area contributed by atoms with Crippen molar-refractivity contribution in [3.05, 3.63) is 86.0 Å². The maximum atomic E-state index is 8.18. The van der Waals surface area contributed by atoms with Crippen molar-refractivity contribution in [1.29, 1.82) is 5.41 Å². The van der Waals surface area contributed by atoms with Gasteiger partial charge in [-0.05, 0) is 65.2 Å². The van der Waals surface area contributed by atoms with Crippen LogP contribution >= 0.6 is 27.3 Å². The minimum atomic E-state index is 0.460. The Kier molecular flexibility index (Phi) is 5.20. The summed E-state index contributed by atoms with van der Waals surface area (Å²) in [7, 11) is 0. The van der Waals surface area contributed by atoms with Crippen LogP contribution in [0.15, 0.2) is 64.5 Å². The third-order valence-electron chi connectivity index (χ3n) is 4.66. The predicted molar refractivity (Wildman–Crippen MR) is 113 cm³/mol. The van der Waals surface area contributed by atoms with Crippen molar-refractivity contribution in [3.63, 3.8) is 0 Å². The van der Waals surface area contributed by atoms with Gasteiger partial charge in [0.15, 0.2) is 0 Å². The van der Waals surface area contributed by atoms with Gasteiger partial charge in [0.1, 0.15) is 5.84 Å². The Bertz CT molecular complexity index is 921. The number of thiophene rings is 1. The number of amidine groups is 1. The molecule has 2 aromatic carbocycles. The van der Waals surface area contributed by atoms with Crippen LogP contribution in [0.2, 0.25) is 0 Å². The van der Waals surface area contributed by atoms with E-state index in [1.807, 2.05) is 17.5 Å². The van der Waals surface area contributed by atoms with E-state index in [9.17, 15) is 0 Å². The van der Waals surface area contributed by atoms with E-state index in [1.54, 1.807) is 11.3 Å². The molecule has 26 heavy (non-hydrogen) atoms. The third kappa shape index (κ3) is 4.06. The summed E-state index contributed by atoms with van der Waals surface area (Å²) >= 11 is 5.11. The molecule has 0 amide bonds. The Hall–Kier alpha value is -1.95. The summed E-state index contributed by atoms with van der Waals surface area (Å²) in [6.07, 6.45) is 2.09. The van der Waals surface area contributed by atoms with Crippen LogP contribution < -0.4 is 10.6 Å². The van der Waals surface area contributed by atoms with Crippen LogP contribution in [0.25, 0.3) is 0 Å². The van der Waals surface area contributed by atoms with Gasteiger partial charge in [0.25, 0.3) is 0 Å². The topological polar surface area (TPSA) is 47.9 Å². The number of anilines is 1. The van der Waals surface area contributed by atoms with Crippen molar-refractivity contribution in [2.24, 2.45) is 0 Å². The van der Waals surface area contributed by atoms with Gasteiger partial charge < -0.3 is 10.6 Å². The maximum Gasteiger partial charge on any atom is 0.140 e. The first-order chi connectivity index (χ1) is 12.7. The minimum absolute atomic E-state index is 0.460. The van der Waals surface area contributed by atoms with Crippen LogP contribution in [0.1, 0.15) is 21.6 Å². The molecule has 0 radical (unpaired) electrons. The first-order valence-electron chi connectivity index (χ1n) is 8.66. The zero-order valence-electron chi connectivity index (χ0n) is 14.3. The number of rotatable bonds is 5. The van der Waals surface area contributed by atoms with Gasteiger partial charge in [-0.2, -0.15) is 0 Å². The molecule has 0 saturated heterocycles. The van der Waals surface area contributed by atoms with E-state index in [0.29, 0.717) is 11.9 Å². The number of hydrogen-bond acceptors (Lipinski definition) is 3. The lowest BCUT2D eigenvalue weighted by molar-refractivity contribution is 0.533. The zero-order valence-corrected chi connectivity index (χ0v) is 16.7. The smallest absolute Gasteiger partial charge is 0.140 e. The highest BCUT2D eigenvalue weighted by Crippen LogP contribution is 2.26. The first kappa shape index (κ1) is 17.5. The Labute approximate surface area is 166 Å². The highest BCUT2D eigenvalue weighted by molar-refractivity contribution is 9.10. The summed E-state index contributed by atoms with van der Waals surface area (Å²) in [6.45, 7) is 0.881. The van der Waals surface area contributed by atoms with E-state index in [4.69, 9.17) is 5.41 Å². The molecule has 1 aliphatic rings. The average Bonchev–Trinajstić information content (AvgIpc) is 3.29. The molecular weight excluding hydrogens is 406 g/mol. The van der Waals surface area contributed by atoms with E-state index in [1.165, 1.54) is 16.7 Å². The molecule has 0 spiro atoms. The molecule has 4 rings (SSSR count). The number of nitrogens with one attached hydrogen (secondary N) is 3. The van der Waals surface area contributed by atoms with E-state index >= 15 is 0 Å². The lowest BCUT2D eigenvalue weighted by Gasteiger charge is -2.12. The highest BCUT2D eigenvalue weighted by atomic mass is 79.9. The van der Waals surface area contributed by atoms with Gasteiger partial charge in [0, 0.05) is 22.7 Å². The maximum absolute atomic E-state index is 8.18. The minimum Gasteiger partial charge on any atom is -0.340 e. The van der Waals surface area contributed by atoms with Gasteiger partial charge >= 0.3 is 0 Å². The second-order valence-electron chi connectivity index (χ2n) is 6.58. The fraction of sp³-hybridized carbons (Fsp3) is 0.190. The van der Waals surface area contributed by atoms with Crippen LogP contribution in [0.5, 0.6) is 0 Å². The number of benzene rings is 2. The van der Waals surface area contributed by atoms with Crippen molar-refractivity contribution in [2.45, 2.75) is 25.4 Å². The van der Waals surface area contributed by atoms with Crippen molar-refractivity contribution in [2.75, 3.05) is 5.32 Å². The Morgan fingerprint density at radius 2 is 1.96 bits per heavy atom. The molecule has 1 heterocycles. The molecule has 0 aliphatic heterocycles. The molecule has 1 atom stereocenters. The highest BCUT2D eigenvalue weighted by Gasteiger charge is 2.21. The van der Waals surface area contributed by atoms with Crippen molar-refractivity contribution in [1.82, 2.24) is 5.32 Å². The summed E-state index contributed by atoms with van der Waals surface area (Å²) < 4.78 is 1.12. The molecule has 1 unspecified atom stereocenters. The van der Waals surface area contributed by atoms with Crippen LogP contribution in [-0.4, -0.2) is 11.9 Å². The third-order valence-corrected chi connectivity index (χ3v) is 6.04. The Balaban J connectivity index is 1.37. The molecule has 0 bridgehead atoms. The van der Waals surface area contributed by atoms with Gasteiger partial charge in [-0.25, -0.2) is 0 Å². The van der Waals surface area contributed by atoms with Crippen LogP contribution in [0, 0.1) is 5.41 Å². The fourth-order valence-electron chi connectivity index (χ4n) is 3.38. The zero-order chi connectivity index (χ0) is 17.9. The normalized spacial score (nSPS) is 15.7. The fourth-order valence-corrected chi connectivity index (χ4v) is 4.45. The molecule has 0 fully saturated rings. The molecule has 132 valence electrons. The molecule has 1 aliphatic carbocycles. The molecule has 3 nitrogen and oxygen atoms in total. The molecule has 5 heteroatoms. The molecule has 0 saturated carbocycles. The van der Waals surface area contributed by atoms with E-state index in [-0.39, 0.29) is 0 Å². The SMILES string of the molecule is N=C(Nc1ccc2c(c1)CC(NCc1cccc(Br)c1)C2)c1cccs1. The second-order valence-corrected chi connectivity index (χ2v) is 8.44. The van der Waals surface area contributed by atoms with Crippen molar-refractivity contribution in [3.8, 4) is 0 Å². The average molecular weight is 426 g/mol. The number of fused-ring (bicyclic) bond motifs is 1. The van der Waals surface area contributed by atoms with E-state index in [2.05, 4.69) is 69.0 Å². The van der Waals surface area contributed by atoms with Crippen molar-refractivity contribution >= 4 is 38.8 Å². The molecule has 3 N–H and O–H groups in total. The van der Waals surface area contributed by atoms with Gasteiger partial charge in [-0.15, -0.1) is 11.3 Å². The second kappa shape index (κ2) is 7.74. The first-order valence-corrected chi connectivity index (χ1v) is 10.3. The predicted octanol–water partition coefficient (Wildman–Crippen LogP) is 5.21. The molecule has 3 aromatic rings. The molecule has 1 aromatic heterocycles. The van der Waals surface area contributed by atoms with E-state index < -0.39 is 0 Å². The van der Waals surface area contributed by atoms with Gasteiger partial charge in [0.2, 0.25) is 0 Å². The van der Waals surface area contributed by atoms with Gasteiger partial charge in [0.05, 0.1) is 4.88 Å². The van der Waals surface area contributed by atoms with Crippen LogP contribution in [0.3, 0.4) is 0 Å². The van der Waals surface area contributed by atoms with Crippen molar-refractivity contribution < 1.29 is 0 Å². The van der Waals surface area contributed by atoms with Crippen LogP contribution in [-0.2, 0) is 19.4 Å². The summed E-state index contributed by atoms with van der Waals surface area (Å²) in [6, 6.07) is 19.3. The number of halogens is 1. The summed E-state index contributed by atoms with van der Waals surface area (Å²) in [5.74, 6) is 0.460. The summed E-state index contributed by atoms with van der Waals surface area (Å²) in [5, 5.41) is 17.1. The Morgan fingerprint density at radius 3 is 2.77 bits per heavy atom. The Morgan fingerprint density at radius 1 is 1.08 bits per heavy atom. The van der Waals surface area contributed by atoms with Gasteiger partial charge in [-0.1, -0.05) is 40.2 Å². The van der Waals surface area contributed by atoms with E-state index in [0.717, 1.165) is 34.4 Å². The standard InChI is InChI=1S/C21H20BrN3S/c22-17-4-1-3-14(9-17)13-24-19-10-15-6-7-18(11-16(15)12-19)25-21(23)20-5-2-8-26-20/h1-9,11,19,24H,10,12-13H2,(H2,23,25). The van der Waals surface area contributed by atoms with Crippen LogP contribution in [0.4, 0.5) is 5.69 Å². The number of hydrogen-bond donors (Lipinski definition) is 3. The lowest BCUT2D eigenvalue weighted by atomic mass is 10.1. The quantitative estimate of drug-likeness (QED) is 0.388. The lowest BCUT2D eigenvalue weighted by Crippen LogP contribution is -2.28. The summed E-state index contributed by atoms with van der Waals surface area (Å²) in [4.78, 5) is 0.957.